The molecule has 8 rings (SSSR count). The molecule has 2 aromatic carbocycles. The van der Waals surface area contributed by atoms with Crippen molar-refractivity contribution in [3.05, 3.63) is 82.4 Å². The molecule has 2 aliphatic heterocycles. The number of likely N-dealkylation sites (tertiary alicyclic amines) is 1. The number of benzene rings is 2. The number of rotatable bonds is 11. The Labute approximate surface area is 320 Å². The van der Waals surface area contributed by atoms with E-state index in [-0.39, 0.29) is 35.3 Å². The smallest absolute Gasteiger partial charge is 0.328 e. The van der Waals surface area contributed by atoms with E-state index in [0.717, 1.165) is 87.6 Å². The third-order valence-electron chi connectivity index (χ3n) is 11.9. The molecular formula is C42H50N8O5. The topological polar surface area (TPSA) is 156 Å². The summed E-state index contributed by atoms with van der Waals surface area (Å²) in [6.07, 6.45) is 15.6. The summed E-state index contributed by atoms with van der Waals surface area (Å²) in [6, 6.07) is 15.4. The number of imide groups is 1. The summed E-state index contributed by atoms with van der Waals surface area (Å²) in [6.45, 7) is 3.63. The summed E-state index contributed by atoms with van der Waals surface area (Å²) in [5, 5.41) is 6.27. The van der Waals surface area contributed by atoms with Crippen molar-refractivity contribution >= 4 is 52.0 Å². The fourth-order valence-electron chi connectivity index (χ4n) is 8.58. The second kappa shape index (κ2) is 15.7. The number of pyridine rings is 1. The first kappa shape index (κ1) is 36.5. The number of aromatic nitrogens is 2. The molecule has 0 bridgehead atoms. The zero-order chi connectivity index (χ0) is 38.1. The van der Waals surface area contributed by atoms with Crippen molar-refractivity contribution in [1.82, 2.24) is 19.4 Å². The van der Waals surface area contributed by atoms with E-state index in [4.69, 9.17) is 15.5 Å². The fourth-order valence-corrected chi connectivity index (χ4v) is 8.58. The normalized spacial score (nSPS) is 21.3. The molecule has 2 saturated heterocycles. The van der Waals surface area contributed by atoms with Gasteiger partial charge in [-0.1, -0.05) is 6.07 Å². The number of nitrogens with zero attached hydrogens (tertiary/aromatic N) is 5. The number of nitrogen functional groups attached to an aromatic ring is 1. The summed E-state index contributed by atoms with van der Waals surface area (Å²) in [5.41, 5.74) is 9.80. The Bertz CT molecular complexity index is 2170. The molecule has 0 spiro atoms. The van der Waals surface area contributed by atoms with Gasteiger partial charge in [0.15, 0.2) is 0 Å². The highest BCUT2D eigenvalue weighted by molar-refractivity contribution is 6.10. The number of nitrogens with two attached hydrogens (primary N) is 1. The lowest BCUT2D eigenvalue weighted by atomic mass is 9.84. The van der Waals surface area contributed by atoms with Crippen LogP contribution in [0.2, 0.25) is 0 Å². The molecule has 2 aliphatic carbocycles. The van der Waals surface area contributed by atoms with Gasteiger partial charge in [0.25, 0.3) is 11.5 Å². The maximum Gasteiger partial charge on any atom is 0.328 e. The molecule has 288 valence electrons. The van der Waals surface area contributed by atoms with E-state index in [1.54, 1.807) is 46.1 Å². The van der Waals surface area contributed by atoms with Gasteiger partial charge >= 0.3 is 6.03 Å². The number of carbonyl (C=O) groups is 3. The van der Waals surface area contributed by atoms with E-state index in [1.807, 2.05) is 12.1 Å². The fraction of sp³-hybridized carbons (Fsp3) is 0.452. The van der Waals surface area contributed by atoms with Crippen LogP contribution in [0.3, 0.4) is 0 Å². The summed E-state index contributed by atoms with van der Waals surface area (Å²) < 4.78 is 9.54. The van der Waals surface area contributed by atoms with Crippen LogP contribution in [-0.2, 0) is 4.79 Å². The molecule has 13 nitrogen and oxygen atoms in total. The Morgan fingerprint density at radius 3 is 2.45 bits per heavy atom. The first-order chi connectivity index (χ1) is 26.7. The van der Waals surface area contributed by atoms with Crippen molar-refractivity contribution in [2.45, 2.75) is 82.3 Å². The number of nitrogens with one attached hydrogen (secondary N) is 2. The first-order valence-electron chi connectivity index (χ1n) is 19.7. The van der Waals surface area contributed by atoms with E-state index < -0.39 is 5.91 Å². The summed E-state index contributed by atoms with van der Waals surface area (Å²) in [5.74, 6) is 0.367. The standard InChI is InChI=1S/C42H50N8O5/c1-55-38-25-34(43)28(24-33(38)40(52)45-35-4-3-18-49(41(35)53)30-11-12-30)26-44-29-9-7-27(8-10-29)13-19-47-20-14-31(15-21-47)48-22-16-32-36(48)5-2-6-37(32)50-23-17-39(51)46-42(50)54/h2-6,16,18,22,24-27,29-31H,7-15,17,19-21,23,43H2,1H3,(H,45,52)(H,46,51,54). The van der Waals surface area contributed by atoms with Crippen molar-refractivity contribution in [3.63, 3.8) is 0 Å². The number of hydrogen-bond donors (Lipinski definition) is 3. The van der Waals surface area contributed by atoms with Crippen LogP contribution in [0.4, 0.5) is 21.9 Å². The summed E-state index contributed by atoms with van der Waals surface area (Å²) in [7, 11) is 1.50. The van der Waals surface area contributed by atoms with Crippen LogP contribution in [0.25, 0.3) is 10.9 Å². The van der Waals surface area contributed by atoms with E-state index in [2.05, 4.69) is 38.4 Å². The largest absolute Gasteiger partial charge is 0.496 e. The zero-order valence-electron chi connectivity index (χ0n) is 31.4. The van der Waals surface area contributed by atoms with E-state index in [0.29, 0.717) is 47.5 Å². The molecule has 55 heavy (non-hydrogen) atoms. The quantitative estimate of drug-likeness (QED) is 0.123. The third kappa shape index (κ3) is 7.89. The number of ether oxygens (including phenoxy) is 1. The second-order valence-corrected chi connectivity index (χ2v) is 15.5. The molecule has 4 heterocycles. The van der Waals surface area contributed by atoms with Crippen molar-refractivity contribution in [1.29, 1.82) is 0 Å². The van der Waals surface area contributed by atoms with Crippen LogP contribution in [-0.4, -0.2) is 77.4 Å². The summed E-state index contributed by atoms with van der Waals surface area (Å²) in [4.78, 5) is 59.7. The SMILES string of the molecule is COc1cc(N)c(C=NC2CCC(CCN3CCC(n4ccc5c(N6CCC(=O)NC6=O)cccc54)CC3)CC2)cc1C(=O)Nc1cccn(C2CC2)c1=O. The summed E-state index contributed by atoms with van der Waals surface area (Å²) >= 11 is 0. The minimum absolute atomic E-state index is 0.208. The van der Waals surface area contributed by atoms with E-state index >= 15 is 0 Å². The second-order valence-electron chi connectivity index (χ2n) is 15.5. The Morgan fingerprint density at radius 1 is 0.927 bits per heavy atom. The molecule has 0 atom stereocenters. The highest BCUT2D eigenvalue weighted by Gasteiger charge is 2.29. The average Bonchev–Trinajstić information content (AvgIpc) is 3.95. The Hall–Kier alpha value is -5.43. The van der Waals surface area contributed by atoms with Crippen LogP contribution >= 0.6 is 0 Å². The van der Waals surface area contributed by atoms with Gasteiger partial charge in [-0.05, 0) is 107 Å². The molecular weight excluding hydrogens is 697 g/mol. The predicted octanol–water partition coefficient (Wildman–Crippen LogP) is 6.13. The van der Waals surface area contributed by atoms with Crippen LogP contribution in [0.15, 0.2) is 70.7 Å². The minimum Gasteiger partial charge on any atom is -0.496 e. The molecule has 13 heteroatoms. The molecule has 0 unspecified atom stereocenters. The molecule has 2 aromatic heterocycles. The van der Waals surface area contributed by atoms with E-state index in [1.165, 1.54) is 13.5 Å². The zero-order valence-corrected chi connectivity index (χ0v) is 31.4. The molecule has 4 aromatic rings. The Kier molecular flexibility index (Phi) is 10.5. The van der Waals surface area contributed by atoms with Crippen molar-refractivity contribution in [2.24, 2.45) is 10.9 Å². The van der Waals surface area contributed by atoms with Gasteiger partial charge in [0.1, 0.15) is 11.4 Å². The monoisotopic (exact) mass is 746 g/mol. The van der Waals surface area contributed by atoms with Crippen molar-refractivity contribution in [2.75, 3.05) is 49.2 Å². The van der Waals surface area contributed by atoms with Gasteiger partial charge in [-0.3, -0.25) is 29.6 Å². The number of anilines is 3. The van der Waals surface area contributed by atoms with Crippen LogP contribution in [0.5, 0.6) is 5.75 Å². The van der Waals surface area contributed by atoms with Gasteiger partial charge in [-0.15, -0.1) is 0 Å². The lowest BCUT2D eigenvalue weighted by molar-refractivity contribution is -0.120. The van der Waals surface area contributed by atoms with Gasteiger partial charge in [-0.25, -0.2) is 4.79 Å². The number of urea groups is 1. The number of aliphatic imine (C=N–C) groups is 1. The predicted molar refractivity (Wildman–Crippen MR) is 214 cm³/mol. The molecule has 4 aliphatic rings. The minimum atomic E-state index is -0.431. The number of methoxy groups -OCH3 is 1. The van der Waals surface area contributed by atoms with Gasteiger partial charge in [0, 0.05) is 85.5 Å². The Morgan fingerprint density at radius 2 is 1.71 bits per heavy atom. The molecule has 2 saturated carbocycles. The maximum absolute atomic E-state index is 13.4. The number of piperidine rings is 1. The van der Waals surface area contributed by atoms with Gasteiger partial charge in [0.2, 0.25) is 5.91 Å². The van der Waals surface area contributed by atoms with Crippen LogP contribution in [0, 0.1) is 5.92 Å². The lowest BCUT2D eigenvalue weighted by Gasteiger charge is -2.35. The first-order valence-corrected chi connectivity index (χ1v) is 19.7. The maximum atomic E-state index is 13.4. The third-order valence-corrected chi connectivity index (χ3v) is 11.9. The molecule has 0 radical (unpaired) electrons. The van der Waals surface area contributed by atoms with Gasteiger partial charge in [-0.2, -0.15) is 0 Å². The van der Waals surface area contributed by atoms with E-state index in [9.17, 15) is 19.2 Å². The average molecular weight is 747 g/mol. The van der Waals surface area contributed by atoms with Crippen LogP contribution in [0.1, 0.15) is 92.2 Å². The highest BCUT2D eigenvalue weighted by atomic mass is 16.5. The molecule has 4 N–H and O–H groups in total. The van der Waals surface area contributed by atoms with Gasteiger partial charge in [0.05, 0.1) is 23.9 Å². The number of fused-ring (bicyclic) bond motifs is 1. The molecule has 4 fully saturated rings. The highest BCUT2D eigenvalue weighted by Crippen LogP contribution is 2.36. The van der Waals surface area contributed by atoms with Gasteiger partial charge < -0.3 is 29.8 Å². The van der Waals surface area contributed by atoms with Crippen LogP contribution < -0.4 is 31.6 Å². The number of amides is 4. The number of carbonyl (C=O) groups excluding carboxylic acids is 3. The van der Waals surface area contributed by atoms with Crippen molar-refractivity contribution in [3.8, 4) is 5.75 Å². The lowest BCUT2D eigenvalue weighted by Crippen LogP contribution is -2.49. The number of hydrogen-bond acceptors (Lipinski definition) is 8. The van der Waals surface area contributed by atoms with Crippen molar-refractivity contribution < 1.29 is 19.1 Å². The molecule has 4 amide bonds. The Balaban J connectivity index is 0.814.